The summed E-state index contributed by atoms with van der Waals surface area (Å²) in [5.74, 6) is 4.74. The van der Waals surface area contributed by atoms with Gasteiger partial charge in [0.25, 0.3) is 5.91 Å². The van der Waals surface area contributed by atoms with E-state index in [1.54, 1.807) is 6.92 Å². The molecule has 0 heterocycles. The molecule has 0 saturated carbocycles. The number of nitrogens with two attached hydrogens (primary N) is 1. The number of anilines is 1. The van der Waals surface area contributed by atoms with Crippen molar-refractivity contribution < 1.29 is 4.79 Å². The van der Waals surface area contributed by atoms with Crippen LogP contribution in [0.15, 0.2) is 24.3 Å². The van der Waals surface area contributed by atoms with Gasteiger partial charge in [0.05, 0.1) is 0 Å². The molecule has 1 rings (SSSR count). The first-order chi connectivity index (χ1) is 7.22. The van der Waals surface area contributed by atoms with Crippen LogP contribution in [0.3, 0.4) is 0 Å². The van der Waals surface area contributed by atoms with E-state index < -0.39 is 0 Å². The third kappa shape index (κ3) is 4.19. The van der Waals surface area contributed by atoms with Crippen molar-refractivity contribution in [1.29, 1.82) is 0 Å². The van der Waals surface area contributed by atoms with Gasteiger partial charge in [-0.15, -0.1) is 0 Å². The quantitative estimate of drug-likeness (QED) is 0.566. The van der Waals surface area contributed by atoms with Gasteiger partial charge in [-0.25, -0.2) is 0 Å². The normalized spacial score (nSPS) is 8.87. The first-order valence-electron chi connectivity index (χ1n) is 4.77. The number of nitrogen functional groups attached to an aromatic ring is 1. The van der Waals surface area contributed by atoms with Crippen LogP contribution in [0.25, 0.3) is 0 Å². The van der Waals surface area contributed by atoms with Crippen molar-refractivity contribution in [2.45, 2.75) is 13.3 Å². The number of carbonyl (C=O) groups excluding carboxylic acids is 1. The molecular formula is C12H14N2O. The molecule has 0 radical (unpaired) electrons. The molecule has 0 spiro atoms. The standard InChI is InChI=1S/C12H14N2O/c1-2-3-12(15)14-9-8-10-4-6-11(13)7-5-10/h4-7H,8-9,13H2,1H3,(H,14,15). The Hall–Kier alpha value is -1.95. The first-order valence-corrected chi connectivity index (χ1v) is 4.77. The summed E-state index contributed by atoms with van der Waals surface area (Å²) in [6.07, 6.45) is 0.789. The average Bonchev–Trinajstić information content (AvgIpc) is 2.21. The smallest absolute Gasteiger partial charge is 0.295 e. The molecule has 0 aromatic heterocycles. The summed E-state index contributed by atoms with van der Waals surface area (Å²) in [6.45, 7) is 2.23. The van der Waals surface area contributed by atoms with Crippen molar-refractivity contribution in [3.05, 3.63) is 29.8 Å². The molecule has 0 aliphatic rings. The molecule has 0 fully saturated rings. The maximum Gasteiger partial charge on any atom is 0.295 e. The largest absolute Gasteiger partial charge is 0.399 e. The van der Waals surface area contributed by atoms with E-state index in [2.05, 4.69) is 17.2 Å². The maximum atomic E-state index is 11.0. The van der Waals surface area contributed by atoms with Gasteiger partial charge < -0.3 is 11.1 Å². The third-order valence-corrected chi connectivity index (χ3v) is 1.92. The summed E-state index contributed by atoms with van der Waals surface area (Å²) in [6, 6.07) is 7.60. The Labute approximate surface area is 89.7 Å². The lowest BCUT2D eigenvalue weighted by molar-refractivity contribution is -0.115. The van der Waals surface area contributed by atoms with Crippen molar-refractivity contribution in [2.24, 2.45) is 0 Å². The summed E-state index contributed by atoms with van der Waals surface area (Å²) in [7, 11) is 0. The lowest BCUT2D eigenvalue weighted by Crippen LogP contribution is -2.23. The lowest BCUT2D eigenvalue weighted by Gasteiger charge is -2.02. The summed E-state index contributed by atoms with van der Waals surface area (Å²) in [4.78, 5) is 11.0. The number of amides is 1. The molecule has 1 aromatic carbocycles. The number of hydrogen-bond acceptors (Lipinski definition) is 2. The molecule has 3 N–H and O–H groups in total. The fraction of sp³-hybridized carbons (Fsp3) is 0.250. The molecular weight excluding hydrogens is 188 g/mol. The van der Waals surface area contributed by atoms with Crippen LogP contribution >= 0.6 is 0 Å². The van der Waals surface area contributed by atoms with Crippen molar-refractivity contribution >= 4 is 11.6 Å². The van der Waals surface area contributed by atoms with E-state index in [0.29, 0.717) is 6.54 Å². The van der Waals surface area contributed by atoms with Crippen LogP contribution in [0.5, 0.6) is 0 Å². The molecule has 1 amide bonds. The lowest BCUT2D eigenvalue weighted by atomic mass is 10.1. The van der Waals surface area contributed by atoms with Crippen LogP contribution < -0.4 is 11.1 Å². The number of nitrogens with one attached hydrogen (secondary N) is 1. The van der Waals surface area contributed by atoms with E-state index in [1.807, 2.05) is 24.3 Å². The Morgan fingerprint density at radius 1 is 1.40 bits per heavy atom. The van der Waals surface area contributed by atoms with Gasteiger partial charge in [0, 0.05) is 12.2 Å². The highest BCUT2D eigenvalue weighted by atomic mass is 16.1. The molecule has 3 heteroatoms. The van der Waals surface area contributed by atoms with E-state index in [0.717, 1.165) is 17.7 Å². The second-order valence-electron chi connectivity index (χ2n) is 3.12. The molecule has 0 atom stereocenters. The van der Waals surface area contributed by atoms with E-state index in [-0.39, 0.29) is 5.91 Å². The van der Waals surface area contributed by atoms with Gasteiger partial charge >= 0.3 is 0 Å². The molecule has 0 aliphatic carbocycles. The Morgan fingerprint density at radius 3 is 2.67 bits per heavy atom. The maximum absolute atomic E-state index is 11.0. The topological polar surface area (TPSA) is 55.1 Å². The van der Waals surface area contributed by atoms with Crippen molar-refractivity contribution in [2.75, 3.05) is 12.3 Å². The molecule has 0 saturated heterocycles. The minimum absolute atomic E-state index is 0.229. The zero-order valence-electron chi connectivity index (χ0n) is 8.71. The fourth-order valence-electron chi connectivity index (χ4n) is 1.16. The number of carbonyl (C=O) groups is 1. The van der Waals surface area contributed by atoms with E-state index in [9.17, 15) is 4.79 Å². The summed E-state index contributed by atoms with van der Waals surface area (Å²) < 4.78 is 0. The Balaban J connectivity index is 2.34. The minimum Gasteiger partial charge on any atom is -0.399 e. The minimum atomic E-state index is -0.229. The molecule has 3 nitrogen and oxygen atoms in total. The van der Waals surface area contributed by atoms with Crippen molar-refractivity contribution in [1.82, 2.24) is 5.32 Å². The van der Waals surface area contributed by atoms with Gasteiger partial charge in [-0.2, -0.15) is 0 Å². The number of hydrogen-bond donors (Lipinski definition) is 2. The highest BCUT2D eigenvalue weighted by Gasteiger charge is 1.95. The van der Waals surface area contributed by atoms with Gasteiger partial charge in [-0.3, -0.25) is 4.79 Å². The average molecular weight is 202 g/mol. The number of benzene rings is 1. The summed E-state index contributed by atoms with van der Waals surface area (Å²) in [5, 5.41) is 2.70. The SMILES string of the molecule is CC#CC(=O)NCCc1ccc(N)cc1. The summed E-state index contributed by atoms with van der Waals surface area (Å²) >= 11 is 0. The molecule has 1 aromatic rings. The predicted molar refractivity (Wildman–Crippen MR) is 61.0 cm³/mol. The van der Waals surface area contributed by atoms with Crippen LogP contribution in [-0.2, 0) is 11.2 Å². The van der Waals surface area contributed by atoms with Gasteiger partial charge in [-0.05, 0) is 37.0 Å². The second-order valence-corrected chi connectivity index (χ2v) is 3.12. The Morgan fingerprint density at radius 2 is 2.07 bits per heavy atom. The van der Waals surface area contributed by atoms with Crippen LogP contribution in [0.4, 0.5) is 5.69 Å². The summed E-state index contributed by atoms with van der Waals surface area (Å²) in [5.41, 5.74) is 7.45. The fourth-order valence-corrected chi connectivity index (χ4v) is 1.16. The van der Waals surface area contributed by atoms with Gasteiger partial charge in [0.15, 0.2) is 0 Å². The van der Waals surface area contributed by atoms with Crippen LogP contribution in [-0.4, -0.2) is 12.5 Å². The number of rotatable bonds is 3. The zero-order valence-corrected chi connectivity index (χ0v) is 8.71. The highest BCUT2D eigenvalue weighted by molar-refractivity contribution is 5.93. The molecule has 0 bridgehead atoms. The van der Waals surface area contributed by atoms with Crippen molar-refractivity contribution in [3.63, 3.8) is 0 Å². The highest BCUT2D eigenvalue weighted by Crippen LogP contribution is 2.05. The second kappa shape index (κ2) is 5.71. The first kappa shape index (κ1) is 11.1. The van der Waals surface area contributed by atoms with Crippen LogP contribution in [0.2, 0.25) is 0 Å². The van der Waals surface area contributed by atoms with E-state index >= 15 is 0 Å². The zero-order chi connectivity index (χ0) is 11.1. The van der Waals surface area contributed by atoms with Crippen LogP contribution in [0.1, 0.15) is 12.5 Å². The van der Waals surface area contributed by atoms with Gasteiger partial charge in [0.1, 0.15) is 0 Å². The van der Waals surface area contributed by atoms with Crippen molar-refractivity contribution in [3.8, 4) is 11.8 Å². The van der Waals surface area contributed by atoms with Crippen LogP contribution in [0, 0.1) is 11.8 Å². The van der Waals surface area contributed by atoms with Gasteiger partial charge in [-0.1, -0.05) is 18.1 Å². The third-order valence-electron chi connectivity index (χ3n) is 1.92. The molecule has 0 aliphatic heterocycles. The molecule has 15 heavy (non-hydrogen) atoms. The van der Waals surface area contributed by atoms with E-state index in [1.165, 1.54) is 0 Å². The Bertz CT molecular complexity index is 384. The molecule has 78 valence electrons. The van der Waals surface area contributed by atoms with E-state index in [4.69, 9.17) is 5.73 Å². The van der Waals surface area contributed by atoms with Gasteiger partial charge in [0.2, 0.25) is 0 Å². The predicted octanol–water partition coefficient (Wildman–Crippen LogP) is 0.951. The Kier molecular flexibility index (Phi) is 4.24. The molecule has 0 unspecified atom stereocenters. The monoisotopic (exact) mass is 202 g/mol.